The van der Waals surface area contributed by atoms with Crippen LogP contribution in [0.4, 0.5) is 11.4 Å². The van der Waals surface area contributed by atoms with Crippen molar-refractivity contribution in [1.82, 2.24) is 0 Å². The van der Waals surface area contributed by atoms with Crippen molar-refractivity contribution in [3.05, 3.63) is 60.2 Å². The second-order valence-electron chi connectivity index (χ2n) is 4.92. The molecule has 1 amide bonds. The molecular weight excluding hydrogens is 260 g/mol. The molecule has 0 saturated carbocycles. The Balaban J connectivity index is 2.17. The molecule has 0 heterocycles. The number of nitrogens with zero attached hydrogens (tertiary/aromatic N) is 2. The lowest BCUT2D eigenvalue weighted by Crippen LogP contribution is -2.26. The van der Waals surface area contributed by atoms with Crippen LogP contribution >= 0.6 is 0 Å². The van der Waals surface area contributed by atoms with Gasteiger partial charge in [-0.3, -0.25) is 4.79 Å². The van der Waals surface area contributed by atoms with Crippen LogP contribution in [0.2, 0.25) is 0 Å². The van der Waals surface area contributed by atoms with Crippen molar-refractivity contribution >= 4 is 17.3 Å². The van der Waals surface area contributed by atoms with E-state index >= 15 is 0 Å². The minimum absolute atomic E-state index is 0.00676. The van der Waals surface area contributed by atoms with Gasteiger partial charge >= 0.3 is 0 Å². The van der Waals surface area contributed by atoms with E-state index in [9.17, 15) is 4.79 Å². The van der Waals surface area contributed by atoms with Crippen LogP contribution in [0.1, 0.15) is 24.2 Å². The molecular formula is C18H22N2O. The molecule has 3 heteroatoms. The zero-order chi connectivity index (χ0) is 15.2. The van der Waals surface area contributed by atoms with E-state index in [0.29, 0.717) is 5.56 Å². The Bertz CT molecular complexity index is 574. The topological polar surface area (TPSA) is 23.6 Å². The van der Waals surface area contributed by atoms with E-state index < -0.39 is 0 Å². The summed E-state index contributed by atoms with van der Waals surface area (Å²) in [7, 11) is 1.80. The van der Waals surface area contributed by atoms with Crippen molar-refractivity contribution in [2.45, 2.75) is 13.8 Å². The van der Waals surface area contributed by atoms with Crippen LogP contribution in [-0.4, -0.2) is 26.0 Å². The summed E-state index contributed by atoms with van der Waals surface area (Å²) in [5.74, 6) is 0.00676. The number of carbonyl (C=O) groups excluding carboxylic acids is 1. The summed E-state index contributed by atoms with van der Waals surface area (Å²) in [5.41, 5.74) is 2.76. The van der Waals surface area contributed by atoms with Crippen LogP contribution in [-0.2, 0) is 0 Å². The highest BCUT2D eigenvalue weighted by Gasteiger charge is 2.13. The first-order chi connectivity index (χ1) is 10.2. The minimum atomic E-state index is 0.00676. The number of hydrogen-bond acceptors (Lipinski definition) is 2. The Morgan fingerprint density at radius 3 is 1.95 bits per heavy atom. The maximum absolute atomic E-state index is 12.5. The number of hydrogen-bond donors (Lipinski definition) is 0. The molecule has 0 bridgehead atoms. The third kappa shape index (κ3) is 3.43. The molecule has 21 heavy (non-hydrogen) atoms. The van der Waals surface area contributed by atoms with E-state index in [0.717, 1.165) is 24.5 Å². The van der Waals surface area contributed by atoms with Crippen LogP contribution in [0.15, 0.2) is 54.6 Å². The summed E-state index contributed by atoms with van der Waals surface area (Å²) in [6.45, 7) is 6.19. The summed E-state index contributed by atoms with van der Waals surface area (Å²) in [6, 6.07) is 17.5. The third-order valence-corrected chi connectivity index (χ3v) is 3.69. The first-order valence-electron chi connectivity index (χ1n) is 7.35. The average Bonchev–Trinajstić information content (AvgIpc) is 2.56. The molecule has 0 spiro atoms. The Labute approximate surface area is 126 Å². The predicted molar refractivity (Wildman–Crippen MR) is 89.2 cm³/mol. The van der Waals surface area contributed by atoms with E-state index in [4.69, 9.17) is 0 Å². The third-order valence-electron chi connectivity index (χ3n) is 3.69. The standard InChI is InChI=1S/C18H22N2O/c1-4-20(5-2)17-13-11-15(12-14-17)18(21)19(3)16-9-7-6-8-10-16/h6-14H,4-5H2,1-3H3. The monoisotopic (exact) mass is 282 g/mol. The van der Waals surface area contributed by atoms with E-state index in [2.05, 4.69) is 18.7 Å². The van der Waals surface area contributed by atoms with Crippen molar-refractivity contribution in [3.8, 4) is 0 Å². The Morgan fingerprint density at radius 2 is 1.43 bits per heavy atom. The zero-order valence-electron chi connectivity index (χ0n) is 12.9. The van der Waals surface area contributed by atoms with Crippen molar-refractivity contribution in [3.63, 3.8) is 0 Å². The number of carbonyl (C=O) groups is 1. The van der Waals surface area contributed by atoms with Gasteiger partial charge in [-0.2, -0.15) is 0 Å². The summed E-state index contributed by atoms with van der Waals surface area (Å²) in [4.78, 5) is 16.4. The molecule has 0 radical (unpaired) electrons. The Kier molecular flexibility index (Phi) is 4.99. The largest absolute Gasteiger partial charge is 0.372 e. The molecule has 2 aromatic rings. The Morgan fingerprint density at radius 1 is 0.857 bits per heavy atom. The molecule has 0 fully saturated rings. The molecule has 0 unspecified atom stereocenters. The van der Waals surface area contributed by atoms with Gasteiger partial charge in [-0.05, 0) is 50.2 Å². The fourth-order valence-electron chi connectivity index (χ4n) is 2.37. The van der Waals surface area contributed by atoms with Gasteiger partial charge in [0, 0.05) is 37.1 Å². The molecule has 0 aliphatic carbocycles. The van der Waals surface area contributed by atoms with Gasteiger partial charge in [0.2, 0.25) is 0 Å². The number of para-hydroxylation sites is 1. The van der Waals surface area contributed by atoms with Gasteiger partial charge in [0.25, 0.3) is 5.91 Å². The normalized spacial score (nSPS) is 10.2. The quantitative estimate of drug-likeness (QED) is 0.832. The van der Waals surface area contributed by atoms with Gasteiger partial charge in [-0.25, -0.2) is 0 Å². The van der Waals surface area contributed by atoms with E-state index in [1.54, 1.807) is 11.9 Å². The molecule has 3 nitrogen and oxygen atoms in total. The van der Waals surface area contributed by atoms with Crippen molar-refractivity contribution in [2.24, 2.45) is 0 Å². The fourth-order valence-corrected chi connectivity index (χ4v) is 2.37. The lowest BCUT2D eigenvalue weighted by molar-refractivity contribution is 0.0993. The van der Waals surface area contributed by atoms with Crippen molar-refractivity contribution in [2.75, 3.05) is 29.9 Å². The van der Waals surface area contributed by atoms with E-state index in [-0.39, 0.29) is 5.91 Å². The molecule has 0 N–H and O–H groups in total. The van der Waals surface area contributed by atoms with Crippen LogP contribution in [0, 0.1) is 0 Å². The average molecular weight is 282 g/mol. The lowest BCUT2D eigenvalue weighted by atomic mass is 10.1. The van der Waals surface area contributed by atoms with Gasteiger partial charge in [0.1, 0.15) is 0 Å². The summed E-state index contributed by atoms with van der Waals surface area (Å²) in [5, 5.41) is 0. The fraction of sp³-hybridized carbons (Fsp3) is 0.278. The van der Waals surface area contributed by atoms with Crippen LogP contribution in [0.5, 0.6) is 0 Å². The van der Waals surface area contributed by atoms with Crippen LogP contribution in [0.3, 0.4) is 0 Å². The highest BCUT2D eigenvalue weighted by atomic mass is 16.2. The molecule has 110 valence electrons. The molecule has 0 aliphatic heterocycles. The molecule has 2 rings (SSSR count). The number of amides is 1. The Hall–Kier alpha value is -2.29. The van der Waals surface area contributed by atoms with Crippen LogP contribution in [0.25, 0.3) is 0 Å². The first kappa shape index (κ1) is 15.1. The highest BCUT2D eigenvalue weighted by Crippen LogP contribution is 2.18. The summed E-state index contributed by atoms with van der Waals surface area (Å²) < 4.78 is 0. The lowest BCUT2D eigenvalue weighted by Gasteiger charge is -2.22. The highest BCUT2D eigenvalue weighted by molar-refractivity contribution is 6.05. The zero-order valence-corrected chi connectivity index (χ0v) is 12.9. The summed E-state index contributed by atoms with van der Waals surface area (Å²) in [6.07, 6.45) is 0. The predicted octanol–water partition coefficient (Wildman–Crippen LogP) is 3.81. The van der Waals surface area contributed by atoms with Gasteiger partial charge in [-0.15, -0.1) is 0 Å². The van der Waals surface area contributed by atoms with E-state index in [1.165, 1.54) is 0 Å². The minimum Gasteiger partial charge on any atom is -0.372 e. The van der Waals surface area contributed by atoms with Gasteiger partial charge < -0.3 is 9.80 Å². The number of benzene rings is 2. The summed E-state index contributed by atoms with van der Waals surface area (Å²) >= 11 is 0. The molecule has 0 atom stereocenters. The molecule has 0 saturated heterocycles. The second-order valence-corrected chi connectivity index (χ2v) is 4.92. The SMILES string of the molecule is CCN(CC)c1ccc(C(=O)N(C)c2ccccc2)cc1. The van der Waals surface area contributed by atoms with Gasteiger partial charge in [0.05, 0.1) is 0 Å². The molecule has 0 aliphatic rings. The number of rotatable bonds is 5. The van der Waals surface area contributed by atoms with Gasteiger partial charge in [-0.1, -0.05) is 18.2 Å². The first-order valence-corrected chi connectivity index (χ1v) is 7.35. The second kappa shape index (κ2) is 6.93. The van der Waals surface area contributed by atoms with Crippen LogP contribution < -0.4 is 9.80 Å². The maximum atomic E-state index is 12.5. The van der Waals surface area contributed by atoms with Crippen molar-refractivity contribution in [1.29, 1.82) is 0 Å². The van der Waals surface area contributed by atoms with E-state index in [1.807, 2.05) is 54.6 Å². The smallest absolute Gasteiger partial charge is 0.258 e. The maximum Gasteiger partial charge on any atom is 0.258 e. The van der Waals surface area contributed by atoms with Gasteiger partial charge in [0.15, 0.2) is 0 Å². The molecule has 0 aromatic heterocycles. The number of anilines is 2. The van der Waals surface area contributed by atoms with Crippen molar-refractivity contribution < 1.29 is 4.79 Å². The molecule has 2 aromatic carbocycles.